The van der Waals surface area contributed by atoms with Gasteiger partial charge < -0.3 is 10.1 Å². The van der Waals surface area contributed by atoms with E-state index in [2.05, 4.69) is 5.32 Å². The summed E-state index contributed by atoms with van der Waals surface area (Å²) in [6, 6.07) is 16.0. The summed E-state index contributed by atoms with van der Waals surface area (Å²) in [5.41, 5.74) is 1.92. The van der Waals surface area contributed by atoms with Crippen LogP contribution in [0.3, 0.4) is 0 Å². The van der Waals surface area contributed by atoms with Gasteiger partial charge in [0, 0.05) is 17.2 Å². The molecule has 1 aliphatic carbocycles. The zero-order valence-corrected chi connectivity index (χ0v) is 13.8. The van der Waals surface area contributed by atoms with Crippen molar-refractivity contribution in [2.75, 3.05) is 0 Å². The number of rotatable bonds is 2. The fourth-order valence-corrected chi connectivity index (χ4v) is 3.90. The van der Waals surface area contributed by atoms with Crippen LogP contribution in [0.4, 0.5) is 0 Å². The van der Waals surface area contributed by atoms with Crippen molar-refractivity contribution in [2.45, 2.75) is 50.5 Å². The zero-order chi connectivity index (χ0) is 16.4. The van der Waals surface area contributed by atoms with Crippen molar-refractivity contribution in [2.24, 2.45) is 0 Å². The number of ether oxygens (including phenoxy) is 1. The van der Waals surface area contributed by atoms with Crippen molar-refractivity contribution in [1.82, 2.24) is 5.32 Å². The van der Waals surface area contributed by atoms with Crippen LogP contribution >= 0.6 is 0 Å². The van der Waals surface area contributed by atoms with Crippen LogP contribution in [0, 0.1) is 0 Å². The summed E-state index contributed by atoms with van der Waals surface area (Å²) in [7, 11) is 0. The number of fused-ring (bicyclic) bond motifs is 2. The van der Waals surface area contributed by atoms with Crippen LogP contribution in [0.1, 0.15) is 55.6 Å². The Morgan fingerprint density at radius 2 is 1.38 bits per heavy atom. The van der Waals surface area contributed by atoms with Crippen LogP contribution in [-0.4, -0.2) is 11.9 Å². The lowest BCUT2D eigenvalue weighted by atomic mass is 9.87. The van der Waals surface area contributed by atoms with Gasteiger partial charge in [-0.3, -0.25) is 4.79 Å². The summed E-state index contributed by atoms with van der Waals surface area (Å²) in [6.45, 7) is 0. The van der Waals surface area contributed by atoms with E-state index in [1.807, 2.05) is 48.5 Å². The maximum atomic E-state index is 13.1. The molecule has 0 atom stereocenters. The average Bonchev–Trinajstić information content (AvgIpc) is 2.88. The van der Waals surface area contributed by atoms with E-state index in [-0.39, 0.29) is 11.8 Å². The normalized spacial score (nSPS) is 18.0. The molecule has 0 bridgehead atoms. The monoisotopic (exact) mass is 321 g/mol. The van der Waals surface area contributed by atoms with Gasteiger partial charge in [0.25, 0.3) is 0 Å². The second kappa shape index (κ2) is 6.68. The first kappa shape index (κ1) is 15.3. The predicted molar refractivity (Wildman–Crippen MR) is 94.4 cm³/mol. The molecule has 1 amide bonds. The lowest BCUT2D eigenvalue weighted by Crippen LogP contribution is -2.38. The molecule has 4 rings (SSSR count). The Hall–Kier alpha value is -2.29. The summed E-state index contributed by atoms with van der Waals surface area (Å²) in [5.74, 6) is 1.40. The molecule has 1 aliphatic heterocycles. The second-order valence-corrected chi connectivity index (χ2v) is 6.81. The molecule has 1 saturated carbocycles. The van der Waals surface area contributed by atoms with Crippen molar-refractivity contribution in [3.8, 4) is 11.5 Å². The molecule has 0 saturated heterocycles. The second-order valence-electron chi connectivity index (χ2n) is 6.81. The van der Waals surface area contributed by atoms with E-state index in [0.717, 1.165) is 35.5 Å². The van der Waals surface area contributed by atoms with Gasteiger partial charge in [-0.2, -0.15) is 0 Å². The summed E-state index contributed by atoms with van der Waals surface area (Å²) < 4.78 is 5.99. The van der Waals surface area contributed by atoms with Gasteiger partial charge in [0.1, 0.15) is 11.5 Å². The van der Waals surface area contributed by atoms with Crippen molar-refractivity contribution in [3.05, 3.63) is 59.7 Å². The maximum absolute atomic E-state index is 13.1. The standard InChI is InChI=1S/C21H23NO2/c23-21(22-15-9-3-1-2-4-10-15)20-16-11-5-7-13-18(16)24-19-14-8-6-12-17(19)20/h5-8,11-15,20H,1-4,9-10H2,(H,22,23). The van der Waals surface area contributed by atoms with E-state index in [1.54, 1.807) is 0 Å². The van der Waals surface area contributed by atoms with Crippen LogP contribution in [-0.2, 0) is 4.79 Å². The number of hydrogen-bond donors (Lipinski definition) is 1. The molecule has 24 heavy (non-hydrogen) atoms. The Balaban J connectivity index is 1.65. The van der Waals surface area contributed by atoms with E-state index in [4.69, 9.17) is 4.74 Å². The lowest BCUT2D eigenvalue weighted by Gasteiger charge is -2.29. The molecule has 0 aromatic heterocycles. The molecule has 0 radical (unpaired) electrons. The highest BCUT2D eigenvalue weighted by Gasteiger charge is 2.33. The van der Waals surface area contributed by atoms with Crippen LogP contribution in [0.5, 0.6) is 11.5 Å². The van der Waals surface area contributed by atoms with Gasteiger partial charge in [0.05, 0.1) is 5.92 Å². The van der Waals surface area contributed by atoms with Crippen LogP contribution in [0.25, 0.3) is 0 Å². The highest BCUT2D eigenvalue weighted by Crippen LogP contribution is 2.44. The summed E-state index contributed by atoms with van der Waals surface area (Å²) in [4.78, 5) is 13.1. The van der Waals surface area contributed by atoms with Crippen LogP contribution in [0.2, 0.25) is 0 Å². The number of carbonyl (C=O) groups excluding carboxylic acids is 1. The third-order valence-corrected chi connectivity index (χ3v) is 5.14. The zero-order valence-electron chi connectivity index (χ0n) is 13.8. The molecule has 124 valence electrons. The third-order valence-electron chi connectivity index (χ3n) is 5.14. The molecule has 2 aromatic carbocycles. The molecule has 0 unspecified atom stereocenters. The summed E-state index contributed by atoms with van der Waals surface area (Å²) in [6.07, 6.45) is 7.19. The molecule has 2 aliphatic rings. The number of amides is 1. The Morgan fingerprint density at radius 1 is 0.833 bits per heavy atom. The molecule has 2 aromatic rings. The highest BCUT2D eigenvalue weighted by molar-refractivity contribution is 5.89. The van der Waals surface area contributed by atoms with E-state index < -0.39 is 0 Å². The molecule has 3 heteroatoms. The minimum Gasteiger partial charge on any atom is -0.457 e. The highest BCUT2D eigenvalue weighted by atomic mass is 16.5. The maximum Gasteiger partial charge on any atom is 0.232 e. The largest absolute Gasteiger partial charge is 0.457 e. The molecule has 1 N–H and O–H groups in total. The smallest absolute Gasteiger partial charge is 0.232 e. The van der Waals surface area contributed by atoms with E-state index in [1.165, 1.54) is 25.7 Å². The fourth-order valence-electron chi connectivity index (χ4n) is 3.90. The van der Waals surface area contributed by atoms with Gasteiger partial charge in [-0.15, -0.1) is 0 Å². The van der Waals surface area contributed by atoms with Gasteiger partial charge in [0.15, 0.2) is 0 Å². The number of para-hydroxylation sites is 2. The van der Waals surface area contributed by atoms with Crippen LogP contribution < -0.4 is 10.1 Å². The quantitative estimate of drug-likeness (QED) is 0.810. The number of carbonyl (C=O) groups is 1. The summed E-state index contributed by atoms with van der Waals surface area (Å²) >= 11 is 0. The van der Waals surface area contributed by atoms with Crippen molar-refractivity contribution >= 4 is 5.91 Å². The number of benzene rings is 2. The minimum absolute atomic E-state index is 0.102. The van der Waals surface area contributed by atoms with Gasteiger partial charge in [-0.1, -0.05) is 62.1 Å². The molecular formula is C21H23NO2. The first-order valence-corrected chi connectivity index (χ1v) is 8.99. The molecule has 1 heterocycles. The number of nitrogens with one attached hydrogen (secondary N) is 1. The van der Waals surface area contributed by atoms with Gasteiger partial charge >= 0.3 is 0 Å². The molecular weight excluding hydrogens is 298 g/mol. The van der Waals surface area contributed by atoms with Gasteiger partial charge in [-0.05, 0) is 25.0 Å². The fraction of sp³-hybridized carbons (Fsp3) is 0.381. The average molecular weight is 321 g/mol. The number of hydrogen-bond acceptors (Lipinski definition) is 2. The van der Waals surface area contributed by atoms with E-state index in [0.29, 0.717) is 6.04 Å². The SMILES string of the molecule is O=C(NC1CCCCCC1)C1c2ccccc2Oc2ccccc21. The lowest BCUT2D eigenvalue weighted by molar-refractivity contribution is -0.122. The first-order valence-electron chi connectivity index (χ1n) is 8.99. The molecule has 3 nitrogen and oxygen atoms in total. The Labute approximate surface area is 143 Å². The minimum atomic E-state index is -0.283. The van der Waals surface area contributed by atoms with Gasteiger partial charge in [0.2, 0.25) is 5.91 Å². The first-order chi connectivity index (χ1) is 11.8. The third kappa shape index (κ3) is 2.91. The van der Waals surface area contributed by atoms with E-state index >= 15 is 0 Å². The van der Waals surface area contributed by atoms with Crippen molar-refractivity contribution in [3.63, 3.8) is 0 Å². The van der Waals surface area contributed by atoms with Crippen LogP contribution in [0.15, 0.2) is 48.5 Å². The Morgan fingerprint density at radius 3 is 1.96 bits per heavy atom. The molecule has 1 fully saturated rings. The topological polar surface area (TPSA) is 38.3 Å². The van der Waals surface area contributed by atoms with Gasteiger partial charge in [-0.25, -0.2) is 0 Å². The predicted octanol–water partition coefficient (Wildman–Crippen LogP) is 4.76. The van der Waals surface area contributed by atoms with Crippen molar-refractivity contribution in [1.29, 1.82) is 0 Å². The Bertz CT molecular complexity index is 687. The molecule has 0 spiro atoms. The Kier molecular flexibility index (Phi) is 4.24. The van der Waals surface area contributed by atoms with E-state index in [9.17, 15) is 4.79 Å². The summed E-state index contributed by atoms with van der Waals surface area (Å²) in [5, 5.41) is 3.32. The van der Waals surface area contributed by atoms with Crippen molar-refractivity contribution < 1.29 is 9.53 Å².